The van der Waals surface area contributed by atoms with Crippen LogP contribution in [-0.4, -0.2) is 16.0 Å². The highest BCUT2D eigenvalue weighted by Crippen LogP contribution is 2.29. The number of anilines is 1. The van der Waals surface area contributed by atoms with Crippen molar-refractivity contribution in [2.45, 2.75) is 26.2 Å². The summed E-state index contributed by atoms with van der Waals surface area (Å²) in [4.78, 5) is 17.5. The van der Waals surface area contributed by atoms with Gasteiger partial charge in [-0.1, -0.05) is 69.3 Å². The summed E-state index contributed by atoms with van der Waals surface area (Å²) >= 11 is 5.39. The zero-order chi connectivity index (χ0) is 24.6. The number of fused-ring (bicyclic) bond motifs is 2. The molecule has 0 fully saturated rings. The molecule has 1 aromatic heterocycles. The molecule has 0 bridgehead atoms. The number of amides is 1. The number of nitrogens with one attached hydrogen (secondary N) is 2. The second-order valence-corrected chi connectivity index (χ2v) is 9.87. The lowest BCUT2D eigenvalue weighted by molar-refractivity contribution is 0.0979. The van der Waals surface area contributed by atoms with Crippen molar-refractivity contribution in [2.75, 3.05) is 5.32 Å². The zero-order valence-electron chi connectivity index (χ0n) is 19.8. The van der Waals surface area contributed by atoms with Gasteiger partial charge in [0.1, 0.15) is 5.52 Å². The fourth-order valence-corrected chi connectivity index (χ4v) is 4.21. The van der Waals surface area contributed by atoms with Crippen molar-refractivity contribution >= 4 is 50.8 Å². The molecule has 5 rings (SSSR count). The highest BCUT2D eigenvalue weighted by atomic mass is 32.1. The molecule has 5 aromatic rings. The summed E-state index contributed by atoms with van der Waals surface area (Å²) in [6.07, 6.45) is 0. The Morgan fingerprint density at radius 1 is 0.914 bits per heavy atom. The fourth-order valence-electron chi connectivity index (χ4n) is 4.00. The van der Waals surface area contributed by atoms with Crippen LogP contribution in [0.3, 0.4) is 0 Å². The van der Waals surface area contributed by atoms with Crippen molar-refractivity contribution in [3.8, 4) is 11.5 Å². The van der Waals surface area contributed by atoms with Gasteiger partial charge >= 0.3 is 0 Å². The largest absolute Gasteiger partial charge is 0.436 e. The number of rotatable bonds is 3. The van der Waals surface area contributed by atoms with Crippen LogP contribution < -0.4 is 10.6 Å². The Labute approximate surface area is 209 Å². The maximum Gasteiger partial charge on any atom is 0.258 e. The van der Waals surface area contributed by atoms with E-state index >= 15 is 0 Å². The molecule has 5 nitrogen and oxygen atoms in total. The molecule has 174 valence electrons. The van der Waals surface area contributed by atoms with Gasteiger partial charge < -0.3 is 9.73 Å². The van der Waals surface area contributed by atoms with Crippen molar-refractivity contribution in [3.05, 3.63) is 96.1 Å². The Kier molecular flexibility index (Phi) is 5.83. The minimum absolute atomic E-state index is 0.0852. The number of carbonyl (C=O) groups is 1. The van der Waals surface area contributed by atoms with Gasteiger partial charge in [-0.05, 0) is 70.4 Å². The first-order valence-corrected chi connectivity index (χ1v) is 11.8. The van der Waals surface area contributed by atoms with Crippen LogP contribution in [0.5, 0.6) is 0 Å². The molecule has 0 radical (unpaired) electrons. The van der Waals surface area contributed by atoms with Crippen molar-refractivity contribution in [3.63, 3.8) is 0 Å². The van der Waals surface area contributed by atoms with Gasteiger partial charge in [-0.15, -0.1) is 0 Å². The molecule has 0 aliphatic heterocycles. The molecule has 1 heterocycles. The molecule has 0 saturated carbocycles. The first-order valence-electron chi connectivity index (χ1n) is 11.4. The van der Waals surface area contributed by atoms with Gasteiger partial charge in [0.15, 0.2) is 10.7 Å². The standard InChI is InChI=1S/C29H25N3O2S/c1-29(2,3)20-13-11-19(12-14-20)27-31-24-17-21(15-16-25(24)34-27)30-28(35)32-26(33)23-10-6-8-18-7-4-5-9-22(18)23/h4-17H,1-3H3,(H2,30,32,33,35). The zero-order valence-corrected chi connectivity index (χ0v) is 20.6. The van der Waals surface area contributed by atoms with Gasteiger partial charge in [0, 0.05) is 16.8 Å². The molecular weight excluding hydrogens is 454 g/mol. The molecule has 0 atom stereocenters. The molecular formula is C29H25N3O2S. The first kappa shape index (κ1) is 22.7. The van der Waals surface area contributed by atoms with E-state index in [1.54, 1.807) is 6.07 Å². The normalized spacial score (nSPS) is 11.5. The van der Waals surface area contributed by atoms with Crippen molar-refractivity contribution < 1.29 is 9.21 Å². The molecule has 2 N–H and O–H groups in total. The fraction of sp³-hybridized carbons (Fsp3) is 0.138. The maximum atomic E-state index is 12.9. The summed E-state index contributed by atoms with van der Waals surface area (Å²) in [6, 6.07) is 27.2. The predicted molar refractivity (Wildman–Crippen MR) is 146 cm³/mol. The van der Waals surface area contributed by atoms with Crippen LogP contribution in [0.25, 0.3) is 33.3 Å². The van der Waals surface area contributed by atoms with Gasteiger partial charge in [-0.3, -0.25) is 10.1 Å². The van der Waals surface area contributed by atoms with E-state index in [9.17, 15) is 4.79 Å². The summed E-state index contributed by atoms with van der Waals surface area (Å²) in [5.41, 5.74) is 4.92. The molecule has 4 aromatic carbocycles. The van der Waals surface area contributed by atoms with Crippen molar-refractivity contribution in [1.82, 2.24) is 10.3 Å². The van der Waals surface area contributed by atoms with E-state index in [-0.39, 0.29) is 16.4 Å². The van der Waals surface area contributed by atoms with E-state index in [1.165, 1.54) is 5.56 Å². The summed E-state index contributed by atoms with van der Waals surface area (Å²) < 4.78 is 5.96. The molecule has 0 spiro atoms. The van der Waals surface area contributed by atoms with Gasteiger partial charge in [-0.2, -0.15) is 0 Å². The van der Waals surface area contributed by atoms with Crippen molar-refractivity contribution in [1.29, 1.82) is 0 Å². The van der Waals surface area contributed by atoms with Crippen molar-refractivity contribution in [2.24, 2.45) is 0 Å². The number of thiocarbonyl (C=S) groups is 1. The Hall–Kier alpha value is -4.03. The van der Waals surface area contributed by atoms with Crippen LogP contribution >= 0.6 is 12.2 Å². The SMILES string of the molecule is CC(C)(C)c1ccc(-c2nc3cc(NC(=S)NC(=O)c4cccc5ccccc45)ccc3o2)cc1. The lowest BCUT2D eigenvalue weighted by Gasteiger charge is -2.18. The number of hydrogen-bond acceptors (Lipinski definition) is 4. The molecule has 0 unspecified atom stereocenters. The highest BCUT2D eigenvalue weighted by Gasteiger charge is 2.15. The third-order valence-electron chi connectivity index (χ3n) is 5.90. The number of nitrogens with zero attached hydrogens (tertiary/aromatic N) is 1. The maximum absolute atomic E-state index is 12.9. The molecule has 0 aliphatic carbocycles. The van der Waals surface area contributed by atoms with Gasteiger partial charge in [0.05, 0.1) is 0 Å². The topological polar surface area (TPSA) is 67.2 Å². The van der Waals surface area contributed by atoms with Gasteiger partial charge in [0.25, 0.3) is 5.91 Å². The number of hydrogen-bond donors (Lipinski definition) is 2. The molecule has 0 aliphatic rings. The molecule has 6 heteroatoms. The van der Waals surface area contributed by atoms with Gasteiger partial charge in [0.2, 0.25) is 5.89 Å². The monoisotopic (exact) mass is 479 g/mol. The Bertz CT molecular complexity index is 1560. The Morgan fingerprint density at radius 3 is 2.43 bits per heavy atom. The number of oxazole rings is 1. The molecule has 1 amide bonds. The van der Waals surface area contributed by atoms with E-state index in [2.05, 4.69) is 48.5 Å². The second-order valence-electron chi connectivity index (χ2n) is 9.46. The van der Waals surface area contributed by atoms with E-state index in [0.29, 0.717) is 28.2 Å². The third-order valence-corrected chi connectivity index (χ3v) is 6.11. The van der Waals surface area contributed by atoms with Crippen LogP contribution in [0.2, 0.25) is 0 Å². The van der Waals surface area contributed by atoms with E-state index in [4.69, 9.17) is 16.6 Å². The average Bonchev–Trinajstić information content (AvgIpc) is 3.26. The lowest BCUT2D eigenvalue weighted by atomic mass is 9.87. The average molecular weight is 480 g/mol. The predicted octanol–water partition coefficient (Wildman–Crippen LogP) is 7.07. The van der Waals surface area contributed by atoms with Crippen LogP contribution in [0.1, 0.15) is 36.7 Å². The Morgan fingerprint density at radius 2 is 1.66 bits per heavy atom. The molecule has 0 saturated heterocycles. The summed E-state index contributed by atoms with van der Waals surface area (Å²) in [5.74, 6) is 0.298. The number of aromatic nitrogens is 1. The minimum Gasteiger partial charge on any atom is -0.436 e. The van der Waals surface area contributed by atoms with Crippen LogP contribution in [0.15, 0.2) is 89.3 Å². The van der Waals surface area contributed by atoms with Crippen LogP contribution in [0.4, 0.5) is 5.69 Å². The minimum atomic E-state index is -0.261. The smallest absolute Gasteiger partial charge is 0.258 e. The van der Waals surface area contributed by atoms with E-state index in [0.717, 1.165) is 16.3 Å². The van der Waals surface area contributed by atoms with Gasteiger partial charge in [-0.25, -0.2) is 4.98 Å². The van der Waals surface area contributed by atoms with E-state index in [1.807, 2.05) is 66.7 Å². The third kappa shape index (κ3) is 4.79. The first-order chi connectivity index (χ1) is 16.8. The van der Waals surface area contributed by atoms with Crippen LogP contribution in [-0.2, 0) is 5.41 Å². The summed E-state index contributed by atoms with van der Waals surface area (Å²) in [7, 11) is 0. The summed E-state index contributed by atoms with van der Waals surface area (Å²) in [6.45, 7) is 6.56. The number of benzene rings is 4. The second kappa shape index (κ2) is 8.96. The number of carbonyl (C=O) groups excluding carboxylic acids is 1. The van der Waals surface area contributed by atoms with E-state index < -0.39 is 0 Å². The summed E-state index contributed by atoms with van der Waals surface area (Å²) in [5, 5.41) is 7.93. The Balaban J connectivity index is 1.31. The molecule has 35 heavy (non-hydrogen) atoms. The lowest BCUT2D eigenvalue weighted by Crippen LogP contribution is -2.34. The highest BCUT2D eigenvalue weighted by molar-refractivity contribution is 7.80. The van der Waals surface area contributed by atoms with Crippen LogP contribution in [0, 0.1) is 0 Å². The quantitative estimate of drug-likeness (QED) is 0.271.